The Morgan fingerprint density at radius 3 is 2.89 bits per heavy atom. The van der Waals surface area contributed by atoms with E-state index in [1.165, 1.54) is 44.3 Å². The number of aryl methyl sites for hydroxylation is 1. The fourth-order valence-corrected chi connectivity index (χ4v) is 4.43. The number of benzene rings is 1. The highest BCUT2D eigenvalue weighted by Crippen LogP contribution is 2.37. The molecule has 4 rings (SSSR count). The maximum atomic E-state index is 3.78. The van der Waals surface area contributed by atoms with Crippen LogP contribution in [0.25, 0.3) is 0 Å². The van der Waals surface area contributed by atoms with Crippen LogP contribution in [0.15, 0.2) is 24.3 Å². The van der Waals surface area contributed by atoms with Crippen molar-refractivity contribution in [2.45, 2.75) is 57.2 Å². The van der Waals surface area contributed by atoms with Crippen molar-refractivity contribution in [1.29, 1.82) is 0 Å². The number of nitrogens with zero attached hydrogens (tertiary/aromatic N) is 1. The molecule has 4 atom stereocenters. The van der Waals surface area contributed by atoms with E-state index in [2.05, 4.69) is 41.4 Å². The monoisotopic (exact) mass is 256 g/mol. The van der Waals surface area contributed by atoms with Crippen molar-refractivity contribution >= 4 is 5.69 Å². The van der Waals surface area contributed by atoms with Crippen molar-refractivity contribution in [3.63, 3.8) is 0 Å². The molecule has 0 aromatic heterocycles. The van der Waals surface area contributed by atoms with Gasteiger partial charge in [-0.2, -0.15) is 0 Å². The molecule has 102 valence electrons. The highest BCUT2D eigenvalue weighted by atomic mass is 15.2. The van der Waals surface area contributed by atoms with Gasteiger partial charge in [0.2, 0.25) is 0 Å². The summed E-state index contributed by atoms with van der Waals surface area (Å²) in [5, 5.41) is 3.78. The van der Waals surface area contributed by atoms with Crippen LogP contribution >= 0.6 is 0 Å². The fourth-order valence-electron chi connectivity index (χ4n) is 4.43. The molecule has 1 N–H and O–H groups in total. The summed E-state index contributed by atoms with van der Waals surface area (Å²) in [6, 6.07) is 11.3. The quantitative estimate of drug-likeness (QED) is 0.875. The van der Waals surface area contributed by atoms with Crippen molar-refractivity contribution in [3.8, 4) is 0 Å². The molecule has 3 aliphatic heterocycles. The fraction of sp³-hybridized carbons (Fsp3) is 0.647. The zero-order valence-electron chi connectivity index (χ0n) is 11.8. The molecular formula is C17H24N2. The van der Waals surface area contributed by atoms with Gasteiger partial charge in [0.25, 0.3) is 0 Å². The summed E-state index contributed by atoms with van der Waals surface area (Å²) in [7, 11) is 0. The molecule has 1 aromatic carbocycles. The zero-order valence-corrected chi connectivity index (χ0v) is 11.8. The maximum Gasteiger partial charge on any atom is 0.0401 e. The third kappa shape index (κ3) is 1.97. The molecule has 19 heavy (non-hydrogen) atoms. The summed E-state index contributed by atoms with van der Waals surface area (Å²) in [5.41, 5.74) is 3.06. The molecule has 2 fully saturated rings. The van der Waals surface area contributed by atoms with Gasteiger partial charge < -0.3 is 10.2 Å². The molecule has 2 saturated heterocycles. The minimum Gasteiger partial charge on any atom is -0.368 e. The predicted octanol–water partition coefficient (Wildman–Crippen LogP) is 2.97. The second-order valence-electron chi connectivity index (χ2n) is 6.71. The van der Waals surface area contributed by atoms with Crippen LogP contribution in [0.2, 0.25) is 0 Å². The molecule has 2 bridgehead atoms. The van der Waals surface area contributed by atoms with E-state index in [0.29, 0.717) is 6.04 Å². The Morgan fingerprint density at radius 1 is 1.21 bits per heavy atom. The van der Waals surface area contributed by atoms with Gasteiger partial charge in [0.15, 0.2) is 0 Å². The third-order valence-electron chi connectivity index (χ3n) is 5.53. The Morgan fingerprint density at radius 2 is 2.11 bits per heavy atom. The average molecular weight is 256 g/mol. The van der Waals surface area contributed by atoms with Gasteiger partial charge in [0.05, 0.1) is 0 Å². The lowest BCUT2D eigenvalue weighted by molar-refractivity contribution is 0.386. The van der Waals surface area contributed by atoms with Crippen LogP contribution in [0.1, 0.15) is 38.2 Å². The SMILES string of the molecule is CC1CCc2ccccc2N1CC1CC2CCC1N2. The van der Waals surface area contributed by atoms with Crippen LogP contribution in [-0.4, -0.2) is 24.7 Å². The number of hydrogen-bond acceptors (Lipinski definition) is 2. The first-order valence-corrected chi connectivity index (χ1v) is 7.92. The second kappa shape index (κ2) is 4.52. The van der Waals surface area contributed by atoms with E-state index in [-0.39, 0.29) is 0 Å². The van der Waals surface area contributed by atoms with Gasteiger partial charge in [-0.3, -0.25) is 0 Å². The molecule has 1 aromatic rings. The molecule has 0 amide bonds. The number of rotatable bonds is 2. The minimum atomic E-state index is 0.703. The van der Waals surface area contributed by atoms with Crippen LogP contribution in [-0.2, 0) is 6.42 Å². The zero-order chi connectivity index (χ0) is 12.8. The van der Waals surface area contributed by atoms with Crippen molar-refractivity contribution in [3.05, 3.63) is 29.8 Å². The van der Waals surface area contributed by atoms with Gasteiger partial charge in [0.1, 0.15) is 0 Å². The first-order valence-electron chi connectivity index (χ1n) is 7.92. The summed E-state index contributed by atoms with van der Waals surface area (Å²) in [4.78, 5) is 2.69. The first-order chi connectivity index (χ1) is 9.31. The van der Waals surface area contributed by atoms with E-state index >= 15 is 0 Å². The smallest absolute Gasteiger partial charge is 0.0401 e. The molecule has 2 nitrogen and oxygen atoms in total. The van der Waals surface area contributed by atoms with E-state index in [4.69, 9.17) is 0 Å². The molecule has 3 aliphatic rings. The Balaban J connectivity index is 1.57. The van der Waals surface area contributed by atoms with Crippen molar-refractivity contribution in [2.24, 2.45) is 5.92 Å². The lowest BCUT2D eigenvalue weighted by atomic mass is 9.87. The van der Waals surface area contributed by atoms with Crippen molar-refractivity contribution in [2.75, 3.05) is 11.4 Å². The Hall–Kier alpha value is -1.02. The Kier molecular flexibility index (Phi) is 2.80. The number of fused-ring (bicyclic) bond motifs is 3. The molecular weight excluding hydrogens is 232 g/mol. The molecule has 0 aliphatic carbocycles. The van der Waals surface area contributed by atoms with Crippen LogP contribution in [0.4, 0.5) is 5.69 Å². The number of anilines is 1. The topological polar surface area (TPSA) is 15.3 Å². The predicted molar refractivity (Wildman–Crippen MR) is 79.6 cm³/mol. The molecule has 2 heteroatoms. The van der Waals surface area contributed by atoms with E-state index in [1.54, 1.807) is 5.56 Å². The standard InChI is InChI=1S/C17H24N2/c1-12-6-7-13-4-2-3-5-17(13)19(12)11-14-10-15-8-9-16(14)18-15/h2-5,12,14-16,18H,6-11H2,1H3. The second-order valence-corrected chi connectivity index (χ2v) is 6.71. The van der Waals surface area contributed by atoms with Gasteiger partial charge in [-0.15, -0.1) is 0 Å². The normalized spacial score (nSPS) is 36.6. The van der Waals surface area contributed by atoms with Gasteiger partial charge in [0, 0.05) is 30.4 Å². The summed E-state index contributed by atoms with van der Waals surface area (Å²) in [5.74, 6) is 0.868. The molecule has 3 heterocycles. The van der Waals surface area contributed by atoms with E-state index in [1.807, 2.05) is 0 Å². The minimum absolute atomic E-state index is 0.703. The highest BCUT2D eigenvalue weighted by Gasteiger charge is 2.40. The number of hydrogen-bond donors (Lipinski definition) is 1. The van der Waals surface area contributed by atoms with E-state index in [0.717, 1.165) is 18.0 Å². The first kappa shape index (κ1) is 11.8. The van der Waals surface area contributed by atoms with E-state index in [9.17, 15) is 0 Å². The number of para-hydroxylation sites is 1. The van der Waals surface area contributed by atoms with Gasteiger partial charge in [-0.1, -0.05) is 18.2 Å². The summed E-state index contributed by atoms with van der Waals surface area (Å²) in [6.07, 6.45) is 6.77. The third-order valence-corrected chi connectivity index (χ3v) is 5.53. The largest absolute Gasteiger partial charge is 0.368 e. The molecule has 4 unspecified atom stereocenters. The van der Waals surface area contributed by atoms with Crippen LogP contribution < -0.4 is 10.2 Å². The Bertz CT molecular complexity index is 470. The molecule has 0 spiro atoms. The number of nitrogens with one attached hydrogen (secondary N) is 1. The van der Waals surface area contributed by atoms with Crippen LogP contribution in [0.3, 0.4) is 0 Å². The summed E-state index contributed by atoms with van der Waals surface area (Å²) < 4.78 is 0. The molecule has 0 saturated carbocycles. The molecule has 0 radical (unpaired) electrons. The van der Waals surface area contributed by atoms with Crippen LogP contribution in [0, 0.1) is 5.92 Å². The summed E-state index contributed by atoms with van der Waals surface area (Å²) >= 11 is 0. The van der Waals surface area contributed by atoms with Gasteiger partial charge >= 0.3 is 0 Å². The van der Waals surface area contributed by atoms with E-state index < -0.39 is 0 Å². The van der Waals surface area contributed by atoms with Crippen LogP contribution in [0.5, 0.6) is 0 Å². The Labute approximate surface area is 116 Å². The lowest BCUT2D eigenvalue weighted by Gasteiger charge is -2.40. The highest BCUT2D eigenvalue weighted by molar-refractivity contribution is 5.56. The lowest BCUT2D eigenvalue weighted by Crippen LogP contribution is -2.43. The van der Waals surface area contributed by atoms with Crippen molar-refractivity contribution < 1.29 is 0 Å². The van der Waals surface area contributed by atoms with Gasteiger partial charge in [-0.05, 0) is 56.6 Å². The average Bonchev–Trinajstić information content (AvgIpc) is 3.04. The van der Waals surface area contributed by atoms with Gasteiger partial charge in [-0.25, -0.2) is 0 Å². The summed E-state index contributed by atoms with van der Waals surface area (Å²) in [6.45, 7) is 3.66. The maximum absolute atomic E-state index is 3.78. The van der Waals surface area contributed by atoms with Crippen molar-refractivity contribution in [1.82, 2.24) is 5.32 Å².